The van der Waals surface area contributed by atoms with E-state index >= 15 is 0 Å². The van der Waals surface area contributed by atoms with E-state index in [0.717, 1.165) is 83.5 Å². The molecule has 0 aliphatic rings. The van der Waals surface area contributed by atoms with Crippen LogP contribution in [0.25, 0.3) is 0 Å². The van der Waals surface area contributed by atoms with Gasteiger partial charge in [0.25, 0.3) is 0 Å². The first-order chi connectivity index (χ1) is 33.5. The zero-order chi connectivity index (χ0) is 49.3. The maximum atomic E-state index is 12.8. The number of rotatable bonds is 51. The highest BCUT2D eigenvalue weighted by atomic mass is 16.6. The van der Waals surface area contributed by atoms with Crippen LogP contribution in [0.4, 0.5) is 0 Å². The van der Waals surface area contributed by atoms with Crippen molar-refractivity contribution in [2.45, 2.75) is 277 Å². The van der Waals surface area contributed by atoms with Crippen LogP contribution in [0.2, 0.25) is 0 Å². The number of carbonyl (C=O) groups is 3. The first kappa shape index (κ1) is 64.6. The van der Waals surface area contributed by atoms with Gasteiger partial charge in [0.05, 0.1) is 6.42 Å². The van der Waals surface area contributed by atoms with Crippen molar-refractivity contribution in [3.8, 4) is 0 Å². The molecule has 0 saturated carbocycles. The molecule has 1 atom stereocenters. The van der Waals surface area contributed by atoms with E-state index in [4.69, 9.17) is 14.2 Å². The van der Waals surface area contributed by atoms with Crippen LogP contribution in [0.15, 0.2) is 85.1 Å². The Hall–Kier alpha value is -3.41. The fraction of sp³-hybridized carbons (Fsp3) is 0.726. The third-order valence-electron chi connectivity index (χ3n) is 12.1. The van der Waals surface area contributed by atoms with Crippen molar-refractivity contribution in [3.63, 3.8) is 0 Å². The van der Waals surface area contributed by atoms with Gasteiger partial charge in [0.15, 0.2) is 6.10 Å². The van der Waals surface area contributed by atoms with Crippen molar-refractivity contribution in [2.24, 2.45) is 0 Å². The van der Waals surface area contributed by atoms with Crippen LogP contribution in [0.1, 0.15) is 271 Å². The summed E-state index contributed by atoms with van der Waals surface area (Å²) in [4.78, 5) is 38.1. The molecular formula is C62H106O6. The van der Waals surface area contributed by atoms with Gasteiger partial charge >= 0.3 is 17.9 Å². The summed E-state index contributed by atoms with van der Waals surface area (Å²) in [6.45, 7) is 6.44. The molecule has 0 saturated heterocycles. The number of hydrogen-bond donors (Lipinski definition) is 0. The van der Waals surface area contributed by atoms with E-state index in [1.54, 1.807) is 6.08 Å². The monoisotopic (exact) mass is 947 g/mol. The molecule has 0 amide bonds. The summed E-state index contributed by atoms with van der Waals surface area (Å²) in [5, 5.41) is 0. The normalized spacial score (nSPS) is 12.7. The summed E-state index contributed by atoms with van der Waals surface area (Å²) >= 11 is 0. The smallest absolute Gasteiger partial charge is 0.309 e. The van der Waals surface area contributed by atoms with E-state index in [0.29, 0.717) is 12.8 Å². The molecule has 68 heavy (non-hydrogen) atoms. The van der Waals surface area contributed by atoms with Crippen LogP contribution >= 0.6 is 0 Å². The molecular weight excluding hydrogens is 841 g/mol. The van der Waals surface area contributed by atoms with E-state index in [1.165, 1.54) is 148 Å². The lowest BCUT2D eigenvalue weighted by molar-refractivity contribution is -0.166. The van der Waals surface area contributed by atoms with Crippen LogP contribution < -0.4 is 0 Å². The van der Waals surface area contributed by atoms with Gasteiger partial charge in [0.2, 0.25) is 0 Å². The highest BCUT2D eigenvalue weighted by molar-refractivity contribution is 5.72. The predicted octanol–water partition coefficient (Wildman–Crippen LogP) is 19.2. The second-order valence-electron chi connectivity index (χ2n) is 18.8. The van der Waals surface area contributed by atoms with Crippen molar-refractivity contribution in [3.05, 3.63) is 85.1 Å². The molecule has 0 rings (SSSR count). The van der Waals surface area contributed by atoms with Gasteiger partial charge in [-0.15, -0.1) is 0 Å². The van der Waals surface area contributed by atoms with E-state index in [9.17, 15) is 14.4 Å². The van der Waals surface area contributed by atoms with Gasteiger partial charge in [-0.05, 0) is 96.3 Å². The highest BCUT2D eigenvalue weighted by Crippen LogP contribution is 2.15. The average molecular weight is 948 g/mol. The van der Waals surface area contributed by atoms with Gasteiger partial charge < -0.3 is 14.2 Å². The van der Waals surface area contributed by atoms with Crippen molar-refractivity contribution < 1.29 is 28.6 Å². The summed E-state index contributed by atoms with van der Waals surface area (Å²) in [6.07, 6.45) is 73.1. The van der Waals surface area contributed by atoms with Gasteiger partial charge in [-0.25, -0.2) is 0 Å². The Kier molecular flexibility index (Phi) is 53.4. The highest BCUT2D eigenvalue weighted by Gasteiger charge is 2.19. The van der Waals surface area contributed by atoms with E-state index in [1.807, 2.05) is 6.08 Å². The summed E-state index contributed by atoms with van der Waals surface area (Å²) in [6, 6.07) is 0. The minimum atomic E-state index is -0.822. The quantitative estimate of drug-likeness (QED) is 0.0262. The Morgan fingerprint density at radius 2 is 0.632 bits per heavy atom. The maximum absolute atomic E-state index is 12.8. The lowest BCUT2D eigenvalue weighted by Crippen LogP contribution is -2.30. The molecule has 0 aromatic carbocycles. The van der Waals surface area contributed by atoms with Crippen molar-refractivity contribution in [1.82, 2.24) is 0 Å². The van der Waals surface area contributed by atoms with Gasteiger partial charge in [-0.3, -0.25) is 14.4 Å². The summed E-state index contributed by atoms with van der Waals surface area (Å²) < 4.78 is 16.7. The number of hydrogen-bond acceptors (Lipinski definition) is 6. The fourth-order valence-electron chi connectivity index (χ4n) is 7.86. The Morgan fingerprint density at radius 3 is 1.01 bits per heavy atom. The minimum Gasteiger partial charge on any atom is -0.462 e. The molecule has 6 heteroatoms. The van der Waals surface area contributed by atoms with E-state index in [-0.39, 0.29) is 31.6 Å². The molecule has 0 bridgehead atoms. The van der Waals surface area contributed by atoms with Crippen LogP contribution in [0, 0.1) is 0 Å². The summed E-state index contributed by atoms with van der Waals surface area (Å²) in [5.74, 6) is -1.05. The Labute approximate surface area is 420 Å². The number of unbranched alkanes of at least 4 members (excludes halogenated alkanes) is 27. The molecule has 0 spiro atoms. The molecule has 1 unspecified atom stereocenters. The zero-order valence-corrected chi connectivity index (χ0v) is 44.6. The van der Waals surface area contributed by atoms with Crippen molar-refractivity contribution >= 4 is 17.9 Å². The average Bonchev–Trinajstić information content (AvgIpc) is 3.34. The van der Waals surface area contributed by atoms with Gasteiger partial charge in [0.1, 0.15) is 13.2 Å². The number of allylic oxidation sites excluding steroid dienone is 13. The second kappa shape index (κ2) is 56.2. The van der Waals surface area contributed by atoms with E-state index in [2.05, 4.69) is 93.7 Å². The molecule has 0 radical (unpaired) electrons. The second-order valence-corrected chi connectivity index (χ2v) is 18.8. The molecule has 0 aliphatic heterocycles. The molecule has 0 heterocycles. The molecule has 6 nitrogen and oxygen atoms in total. The first-order valence-electron chi connectivity index (χ1n) is 28.6. The Morgan fingerprint density at radius 1 is 0.324 bits per heavy atom. The van der Waals surface area contributed by atoms with Crippen LogP contribution in [-0.2, 0) is 28.6 Å². The standard InChI is InChI=1S/C62H106O6/c1-4-7-10-13-16-19-22-25-28-30-31-32-35-37-40-43-46-49-52-55-61(64)67-58-59(57-66-60(63)54-51-48-45-42-39-36-33-27-24-21-18-15-12-9-6-3)68-62(65)56-53-50-47-44-41-38-34-29-26-23-20-17-14-11-8-5-2/h9,12,18,21,25,27-29,33-34,39,42,48,51,59H,4-8,10-11,13-17,19-20,22-24,26,30-32,35-38,40-41,43-47,49-50,52-58H2,1-3H3/b12-9-,21-18-,28-25-,33-27-,34-29-,42-39-,51-48-. The topological polar surface area (TPSA) is 78.9 Å². The lowest BCUT2D eigenvalue weighted by Gasteiger charge is -2.18. The van der Waals surface area contributed by atoms with Crippen LogP contribution in [-0.4, -0.2) is 37.2 Å². The number of esters is 3. The largest absolute Gasteiger partial charge is 0.462 e. The molecule has 390 valence electrons. The first-order valence-corrected chi connectivity index (χ1v) is 28.6. The third-order valence-corrected chi connectivity index (χ3v) is 12.1. The van der Waals surface area contributed by atoms with Crippen LogP contribution in [0.3, 0.4) is 0 Å². The number of carbonyl (C=O) groups excluding carboxylic acids is 3. The maximum Gasteiger partial charge on any atom is 0.309 e. The fourth-order valence-corrected chi connectivity index (χ4v) is 7.86. The van der Waals surface area contributed by atoms with Crippen molar-refractivity contribution in [1.29, 1.82) is 0 Å². The van der Waals surface area contributed by atoms with Crippen LogP contribution in [0.5, 0.6) is 0 Å². The Bertz CT molecular complexity index is 1320. The number of ether oxygens (including phenoxy) is 3. The van der Waals surface area contributed by atoms with Crippen molar-refractivity contribution in [2.75, 3.05) is 13.2 Å². The molecule has 0 aromatic heterocycles. The predicted molar refractivity (Wildman–Crippen MR) is 293 cm³/mol. The van der Waals surface area contributed by atoms with E-state index < -0.39 is 12.1 Å². The summed E-state index contributed by atoms with van der Waals surface area (Å²) in [5.41, 5.74) is 0. The molecule has 0 aliphatic carbocycles. The van der Waals surface area contributed by atoms with Gasteiger partial charge in [-0.2, -0.15) is 0 Å². The molecule has 0 N–H and O–H groups in total. The zero-order valence-electron chi connectivity index (χ0n) is 44.6. The van der Waals surface area contributed by atoms with Gasteiger partial charge in [-0.1, -0.05) is 241 Å². The SMILES string of the molecule is CC/C=C\C/C=C\C/C=C\C/C=C\C/C=C\CC(=O)OCC(COC(=O)CCCCCCCCCCC/C=C\CCCCCCCC)OC(=O)CCCCCCC/C=C\CCCCCCCCC. The lowest BCUT2D eigenvalue weighted by atomic mass is 10.1. The molecule has 0 fully saturated rings. The summed E-state index contributed by atoms with van der Waals surface area (Å²) in [7, 11) is 0. The van der Waals surface area contributed by atoms with Gasteiger partial charge in [0, 0.05) is 12.8 Å². The molecule has 0 aromatic rings. The third kappa shape index (κ3) is 53.5. The Balaban J connectivity index is 4.47. The minimum absolute atomic E-state index is 0.110.